The molecule has 0 aliphatic carbocycles. The van der Waals surface area contributed by atoms with E-state index in [0.717, 1.165) is 23.1 Å². The van der Waals surface area contributed by atoms with E-state index in [2.05, 4.69) is 4.98 Å². The molecular formula is C12H12F2N2S. The topological polar surface area (TPSA) is 38.9 Å². The Labute approximate surface area is 102 Å². The molecule has 1 heterocycles. The molecule has 0 radical (unpaired) electrons. The van der Waals surface area contributed by atoms with Gasteiger partial charge in [0.05, 0.1) is 5.69 Å². The van der Waals surface area contributed by atoms with Crippen molar-refractivity contribution in [1.82, 2.24) is 4.98 Å². The van der Waals surface area contributed by atoms with E-state index < -0.39 is 11.6 Å². The lowest BCUT2D eigenvalue weighted by Gasteiger charge is -2.01. The lowest BCUT2D eigenvalue weighted by Crippen LogP contribution is -1.93. The van der Waals surface area contributed by atoms with Crippen LogP contribution in [0, 0.1) is 11.6 Å². The second-order valence-corrected chi connectivity index (χ2v) is 4.85. The number of aryl methyl sites for hydroxylation is 1. The Kier molecular flexibility index (Phi) is 3.38. The smallest absolute Gasteiger partial charge is 0.180 e. The minimum absolute atomic E-state index is 0.465. The van der Waals surface area contributed by atoms with Gasteiger partial charge in [-0.2, -0.15) is 0 Å². The molecule has 17 heavy (non-hydrogen) atoms. The van der Waals surface area contributed by atoms with Crippen molar-refractivity contribution in [3.8, 4) is 0 Å². The summed E-state index contributed by atoms with van der Waals surface area (Å²) in [6.07, 6.45) is 1.23. The molecule has 0 atom stereocenters. The van der Waals surface area contributed by atoms with E-state index in [-0.39, 0.29) is 0 Å². The van der Waals surface area contributed by atoms with E-state index in [1.54, 1.807) is 0 Å². The minimum atomic E-state index is -0.560. The van der Waals surface area contributed by atoms with Gasteiger partial charge in [0.25, 0.3) is 0 Å². The van der Waals surface area contributed by atoms with Crippen LogP contribution < -0.4 is 5.73 Å². The third-order valence-corrected chi connectivity index (χ3v) is 3.34. The SMILES string of the molecule is CCc1nc(N)sc1Cc1cc(F)cc(F)c1. The molecule has 2 rings (SSSR count). The molecular weight excluding hydrogens is 242 g/mol. The van der Waals surface area contributed by atoms with Gasteiger partial charge in [0.15, 0.2) is 5.13 Å². The van der Waals surface area contributed by atoms with Crippen LogP contribution in [0.1, 0.15) is 23.1 Å². The standard InChI is InChI=1S/C12H12F2N2S/c1-2-10-11(17-12(15)16-10)5-7-3-8(13)6-9(14)4-7/h3-4,6H,2,5H2,1H3,(H2,15,16). The number of nitrogen functional groups attached to an aromatic ring is 1. The first-order valence-electron chi connectivity index (χ1n) is 5.27. The fourth-order valence-electron chi connectivity index (χ4n) is 1.72. The number of rotatable bonds is 3. The lowest BCUT2D eigenvalue weighted by molar-refractivity contribution is 0.580. The highest BCUT2D eigenvalue weighted by molar-refractivity contribution is 7.15. The van der Waals surface area contributed by atoms with E-state index >= 15 is 0 Å². The molecule has 2 nitrogen and oxygen atoms in total. The zero-order valence-corrected chi connectivity index (χ0v) is 10.2. The van der Waals surface area contributed by atoms with Crippen LogP contribution in [0.15, 0.2) is 18.2 Å². The Hall–Kier alpha value is -1.49. The number of benzene rings is 1. The number of nitrogens with two attached hydrogens (primary N) is 1. The summed E-state index contributed by atoms with van der Waals surface area (Å²) in [5.41, 5.74) is 7.13. The van der Waals surface area contributed by atoms with Crippen molar-refractivity contribution in [2.24, 2.45) is 0 Å². The van der Waals surface area contributed by atoms with Gasteiger partial charge in [0, 0.05) is 17.4 Å². The molecule has 0 saturated carbocycles. The van der Waals surface area contributed by atoms with Gasteiger partial charge >= 0.3 is 0 Å². The number of halogens is 2. The Balaban J connectivity index is 2.30. The van der Waals surface area contributed by atoms with Crippen molar-refractivity contribution in [2.75, 3.05) is 5.73 Å². The van der Waals surface area contributed by atoms with Crippen molar-refractivity contribution >= 4 is 16.5 Å². The van der Waals surface area contributed by atoms with Crippen LogP contribution in [0.5, 0.6) is 0 Å². The van der Waals surface area contributed by atoms with Gasteiger partial charge in [-0.1, -0.05) is 6.92 Å². The molecule has 1 aromatic carbocycles. The molecule has 2 N–H and O–H groups in total. The van der Waals surface area contributed by atoms with Gasteiger partial charge in [-0.15, -0.1) is 11.3 Å². The number of hydrogen-bond acceptors (Lipinski definition) is 3. The molecule has 0 amide bonds. The normalized spacial score (nSPS) is 10.8. The maximum atomic E-state index is 13.0. The lowest BCUT2D eigenvalue weighted by atomic mass is 10.1. The maximum absolute atomic E-state index is 13.0. The average molecular weight is 254 g/mol. The summed E-state index contributed by atoms with van der Waals surface area (Å²) in [5, 5.41) is 0.494. The van der Waals surface area contributed by atoms with E-state index in [9.17, 15) is 8.78 Å². The predicted molar refractivity (Wildman–Crippen MR) is 65.1 cm³/mol. The summed E-state index contributed by atoms with van der Waals surface area (Å²) >= 11 is 1.37. The quantitative estimate of drug-likeness (QED) is 0.913. The molecule has 2 aromatic rings. The van der Waals surface area contributed by atoms with E-state index in [1.165, 1.54) is 23.5 Å². The van der Waals surface area contributed by atoms with Crippen molar-refractivity contribution in [1.29, 1.82) is 0 Å². The van der Waals surface area contributed by atoms with Crippen molar-refractivity contribution in [3.05, 3.63) is 46.0 Å². The molecule has 0 bridgehead atoms. The number of hydrogen-bond donors (Lipinski definition) is 1. The van der Waals surface area contributed by atoms with Crippen molar-refractivity contribution < 1.29 is 8.78 Å². The fraction of sp³-hybridized carbons (Fsp3) is 0.250. The number of thiazole rings is 1. The summed E-state index contributed by atoms with van der Waals surface area (Å²) in [5.74, 6) is -1.12. The fourth-order valence-corrected chi connectivity index (χ4v) is 2.67. The van der Waals surface area contributed by atoms with Crippen LogP contribution in [0.4, 0.5) is 13.9 Å². The van der Waals surface area contributed by atoms with E-state index in [4.69, 9.17) is 5.73 Å². The van der Waals surface area contributed by atoms with Crippen LogP contribution in [0.3, 0.4) is 0 Å². The van der Waals surface area contributed by atoms with Crippen LogP contribution in [-0.2, 0) is 12.8 Å². The molecule has 0 fully saturated rings. The van der Waals surface area contributed by atoms with Gasteiger partial charge in [-0.05, 0) is 24.1 Å². The Bertz CT molecular complexity index is 517. The van der Waals surface area contributed by atoms with E-state index in [0.29, 0.717) is 17.1 Å². The monoisotopic (exact) mass is 254 g/mol. The largest absolute Gasteiger partial charge is 0.375 e. The van der Waals surface area contributed by atoms with Gasteiger partial charge in [0.2, 0.25) is 0 Å². The van der Waals surface area contributed by atoms with Crippen LogP contribution >= 0.6 is 11.3 Å². The molecule has 1 aromatic heterocycles. The van der Waals surface area contributed by atoms with Gasteiger partial charge in [-0.25, -0.2) is 13.8 Å². The highest BCUT2D eigenvalue weighted by Gasteiger charge is 2.10. The van der Waals surface area contributed by atoms with Crippen molar-refractivity contribution in [2.45, 2.75) is 19.8 Å². The maximum Gasteiger partial charge on any atom is 0.180 e. The molecule has 0 aliphatic rings. The summed E-state index contributed by atoms with van der Waals surface area (Å²) in [6.45, 7) is 1.98. The molecule has 0 unspecified atom stereocenters. The van der Waals surface area contributed by atoms with Gasteiger partial charge in [-0.3, -0.25) is 0 Å². The summed E-state index contributed by atoms with van der Waals surface area (Å²) in [6, 6.07) is 3.53. The molecule has 0 spiro atoms. The molecule has 0 aliphatic heterocycles. The number of aromatic nitrogens is 1. The van der Waals surface area contributed by atoms with Gasteiger partial charge < -0.3 is 5.73 Å². The number of anilines is 1. The van der Waals surface area contributed by atoms with Crippen molar-refractivity contribution in [3.63, 3.8) is 0 Å². The Morgan fingerprint density at radius 3 is 2.47 bits per heavy atom. The summed E-state index contributed by atoms with van der Waals surface area (Å²) < 4.78 is 26.1. The third kappa shape index (κ3) is 2.79. The Morgan fingerprint density at radius 2 is 1.88 bits per heavy atom. The zero-order chi connectivity index (χ0) is 12.4. The minimum Gasteiger partial charge on any atom is -0.375 e. The summed E-state index contributed by atoms with van der Waals surface area (Å²) in [4.78, 5) is 5.15. The average Bonchev–Trinajstić information content (AvgIpc) is 2.57. The van der Waals surface area contributed by atoms with E-state index in [1.807, 2.05) is 6.92 Å². The molecule has 5 heteroatoms. The molecule has 90 valence electrons. The van der Waals surface area contributed by atoms with Crippen LogP contribution in [0.2, 0.25) is 0 Å². The zero-order valence-electron chi connectivity index (χ0n) is 9.34. The molecule has 0 saturated heterocycles. The second-order valence-electron chi connectivity index (χ2n) is 3.73. The first-order valence-corrected chi connectivity index (χ1v) is 6.09. The van der Waals surface area contributed by atoms with Crippen LogP contribution in [0.25, 0.3) is 0 Å². The summed E-state index contributed by atoms with van der Waals surface area (Å²) in [7, 11) is 0. The third-order valence-electron chi connectivity index (χ3n) is 2.42. The first kappa shape index (κ1) is 12.0. The number of nitrogens with zero attached hydrogens (tertiary/aromatic N) is 1. The highest BCUT2D eigenvalue weighted by Crippen LogP contribution is 2.24. The Morgan fingerprint density at radius 1 is 1.24 bits per heavy atom. The second kappa shape index (κ2) is 4.79. The first-order chi connectivity index (χ1) is 8.08. The highest BCUT2D eigenvalue weighted by atomic mass is 32.1. The van der Waals surface area contributed by atoms with Gasteiger partial charge in [0.1, 0.15) is 11.6 Å². The predicted octanol–water partition coefficient (Wildman–Crippen LogP) is 3.16. The van der Waals surface area contributed by atoms with Crippen LogP contribution in [-0.4, -0.2) is 4.98 Å².